The molecule has 0 amide bonds. The van der Waals surface area contributed by atoms with Crippen LogP contribution in [0.1, 0.15) is 29.4 Å². The summed E-state index contributed by atoms with van der Waals surface area (Å²) in [4.78, 5) is 16.6. The summed E-state index contributed by atoms with van der Waals surface area (Å²) in [6.45, 7) is 2.64. The zero-order chi connectivity index (χ0) is 13.8. The Kier molecular flexibility index (Phi) is 4.16. The third-order valence-electron chi connectivity index (χ3n) is 2.65. The topological polar surface area (TPSA) is 57.0 Å². The summed E-state index contributed by atoms with van der Waals surface area (Å²) < 4.78 is 6.71. The highest BCUT2D eigenvalue weighted by Gasteiger charge is 2.22. The molecule has 5 nitrogen and oxygen atoms in total. The minimum atomic E-state index is -0.235. The molecule has 19 heavy (non-hydrogen) atoms. The van der Waals surface area contributed by atoms with Crippen LogP contribution < -0.4 is 4.74 Å². The standard InChI is InChI=1S/C13H14ClN3O2/c1-3-7-17-11(10(14)8-16-17)12(18)9-5-4-6-15-13(9)19-2/h4-6,8H,3,7H2,1-2H3. The second kappa shape index (κ2) is 5.84. The van der Waals surface area contributed by atoms with Crippen molar-refractivity contribution in [3.8, 4) is 5.88 Å². The van der Waals surface area contributed by atoms with Crippen molar-refractivity contribution in [3.63, 3.8) is 0 Å². The molecule has 2 rings (SSSR count). The first-order valence-electron chi connectivity index (χ1n) is 5.94. The molecule has 0 bridgehead atoms. The summed E-state index contributed by atoms with van der Waals surface area (Å²) in [5, 5.41) is 4.45. The largest absolute Gasteiger partial charge is 0.480 e. The van der Waals surface area contributed by atoms with Gasteiger partial charge >= 0.3 is 0 Å². The van der Waals surface area contributed by atoms with Gasteiger partial charge in [-0.05, 0) is 18.6 Å². The first-order chi connectivity index (χ1) is 9.19. The Morgan fingerprint density at radius 1 is 1.53 bits per heavy atom. The van der Waals surface area contributed by atoms with E-state index in [-0.39, 0.29) is 11.7 Å². The number of carbonyl (C=O) groups is 1. The van der Waals surface area contributed by atoms with Crippen LogP contribution in [-0.4, -0.2) is 27.7 Å². The van der Waals surface area contributed by atoms with E-state index in [0.29, 0.717) is 22.8 Å². The smallest absolute Gasteiger partial charge is 0.224 e. The molecule has 0 saturated heterocycles. The molecule has 2 aromatic heterocycles. The summed E-state index contributed by atoms with van der Waals surface area (Å²) >= 11 is 6.06. The Bertz CT molecular complexity index is 595. The Balaban J connectivity index is 2.47. The average Bonchev–Trinajstić information content (AvgIpc) is 2.79. The molecule has 0 aliphatic rings. The van der Waals surface area contributed by atoms with Crippen molar-refractivity contribution in [2.75, 3.05) is 7.11 Å². The molecule has 0 saturated carbocycles. The predicted molar refractivity (Wildman–Crippen MR) is 71.7 cm³/mol. The normalized spacial score (nSPS) is 10.5. The van der Waals surface area contributed by atoms with Crippen molar-refractivity contribution in [2.24, 2.45) is 0 Å². The fraction of sp³-hybridized carbons (Fsp3) is 0.308. The molecule has 2 heterocycles. The van der Waals surface area contributed by atoms with Crippen LogP contribution >= 0.6 is 11.6 Å². The Morgan fingerprint density at radius 2 is 2.32 bits per heavy atom. The Morgan fingerprint density at radius 3 is 3.00 bits per heavy atom. The van der Waals surface area contributed by atoms with E-state index in [2.05, 4.69) is 10.1 Å². The third-order valence-corrected chi connectivity index (χ3v) is 2.93. The van der Waals surface area contributed by atoms with Crippen molar-refractivity contribution in [1.29, 1.82) is 0 Å². The van der Waals surface area contributed by atoms with E-state index < -0.39 is 0 Å². The lowest BCUT2D eigenvalue weighted by atomic mass is 10.1. The molecule has 0 unspecified atom stereocenters. The van der Waals surface area contributed by atoms with Gasteiger partial charge in [0.15, 0.2) is 0 Å². The molecule has 6 heteroatoms. The van der Waals surface area contributed by atoms with Gasteiger partial charge in [-0.15, -0.1) is 0 Å². The van der Waals surface area contributed by atoms with Crippen LogP contribution in [0.5, 0.6) is 5.88 Å². The second-order valence-electron chi connectivity index (χ2n) is 3.95. The molecular weight excluding hydrogens is 266 g/mol. The highest BCUT2D eigenvalue weighted by atomic mass is 35.5. The molecule has 0 N–H and O–H groups in total. The number of ether oxygens (including phenoxy) is 1. The summed E-state index contributed by atoms with van der Waals surface area (Å²) in [6.07, 6.45) is 3.91. The number of aromatic nitrogens is 3. The van der Waals surface area contributed by atoms with Crippen LogP contribution in [-0.2, 0) is 6.54 Å². The summed E-state index contributed by atoms with van der Waals surface area (Å²) in [6, 6.07) is 3.35. The lowest BCUT2D eigenvalue weighted by Crippen LogP contribution is -2.13. The first-order valence-corrected chi connectivity index (χ1v) is 6.31. The monoisotopic (exact) mass is 279 g/mol. The van der Waals surface area contributed by atoms with E-state index >= 15 is 0 Å². The van der Waals surface area contributed by atoms with Crippen LogP contribution in [0.4, 0.5) is 0 Å². The number of hydrogen-bond acceptors (Lipinski definition) is 4. The van der Waals surface area contributed by atoms with Crippen molar-refractivity contribution >= 4 is 17.4 Å². The van der Waals surface area contributed by atoms with Gasteiger partial charge < -0.3 is 4.74 Å². The third kappa shape index (κ3) is 2.61. The Hall–Kier alpha value is -1.88. The van der Waals surface area contributed by atoms with Crippen LogP contribution in [0, 0.1) is 0 Å². The number of methoxy groups -OCH3 is 1. The summed E-state index contributed by atoms with van der Waals surface area (Å²) in [5.74, 6) is 0.0497. The molecule has 0 aliphatic heterocycles. The van der Waals surface area contributed by atoms with Gasteiger partial charge in [-0.25, -0.2) is 4.98 Å². The second-order valence-corrected chi connectivity index (χ2v) is 4.36. The SMILES string of the molecule is CCCn1ncc(Cl)c1C(=O)c1cccnc1OC. The zero-order valence-electron chi connectivity index (χ0n) is 10.8. The number of aryl methyl sites for hydroxylation is 1. The highest BCUT2D eigenvalue weighted by molar-refractivity contribution is 6.34. The van der Waals surface area contributed by atoms with Crippen molar-refractivity contribution in [3.05, 3.63) is 40.8 Å². The maximum absolute atomic E-state index is 12.5. The fourth-order valence-electron chi connectivity index (χ4n) is 1.82. The summed E-state index contributed by atoms with van der Waals surface area (Å²) in [7, 11) is 1.48. The predicted octanol–water partition coefficient (Wildman–Crippen LogP) is 2.58. The molecule has 0 atom stereocenters. The quantitative estimate of drug-likeness (QED) is 0.790. The van der Waals surface area contributed by atoms with E-state index in [1.807, 2.05) is 6.92 Å². The van der Waals surface area contributed by atoms with Gasteiger partial charge in [0.1, 0.15) is 5.69 Å². The van der Waals surface area contributed by atoms with Gasteiger partial charge in [-0.2, -0.15) is 5.10 Å². The lowest BCUT2D eigenvalue weighted by molar-refractivity contribution is 0.102. The van der Waals surface area contributed by atoms with E-state index in [1.165, 1.54) is 13.3 Å². The van der Waals surface area contributed by atoms with Crippen LogP contribution in [0.2, 0.25) is 5.02 Å². The van der Waals surface area contributed by atoms with Crippen molar-refractivity contribution in [1.82, 2.24) is 14.8 Å². The Labute approximate surface area is 116 Å². The van der Waals surface area contributed by atoms with E-state index in [9.17, 15) is 4.79 Å². The molecule has 0 fully saturated rings. The number of nitrogens with zero attached hydrogens (tertiary/aromatic N) is 3. The van der Waals surface area contributed by atoms with Crippen molar-refractivity contribution < 1.29 is 9.53 Å². The van der Waals surface area contributed by atoms with Crippen LogP contribution in [0.3, 0.4) is 0 Å². The van der Waals surface area contributed by atoms with E-state index in [1.54, 1.807) is 23.0 Å². The number of carbonyl (C=O) groups excluding carboxylic acids is 1. The van der Waals surface area contributed by atoms with Gasteiger partial charge in [0.25, 0.3) is 0 Å². The first kappa shape index (κ1) is 13.5. The number of halogens is 1. The van der Waals surface area contributed by atoms with Crippen LogP contribution in [0.15, 0.2) is 24.5 Å². The molecule has 2 aromatic rings. The fourth-order valence-corrected chi connectivity index (χ4v) is 2.05. The van der Waals surface area contributed by atoms with E-state index in [0.717, 1.165) is 6.42 Å². The lowest BCUT2D eigenvalue weighted by Gasteiger charge is -2.08. The minimum Gasteiger partial charge on any atom is -0.480 e. The maximum Gasteiger partial charge on any atom is 0.224 e. The number of hydrogen-bond donors (Lipinski definition) is 0. The van der Waals surface area contributed by atoms with Crippen LogP contribution in [0.25, 0.3) is 0 Å². The molecule has 100 valence electrons. The van der Waals surface area contributed by atoms with Gasteiger partial charge in [-0.3, -0.25) is 9.48 Å². The van der Waals surface area contributed by atoms with E-state index in [4.69, 9.17) is 16.3 Å². The molecule has 0 aromatic carbocycles. The highest BCUT2D eigenvalue weighted by Crippen LogP contribution is 2.23. The average molecular weight is 280 g/mol. The minimum absolute atomic E-state index is 0.235. The molecular formula is C13H14ClN3O2. The number of rotatable bonds is 5. The van der Waals surface area contributed by atoms with Gasteiger partial charge in [0, 0.05) is 12.7 Å². The van der Waals surface area contributed by atoms with Crippen molar-refractivity contribution in [2.45, 2.75) is 19.9 Å². The van der Waals surface area contributed by atoms with Gasteiger partial charge in [-0.1, -0.05) is 18.5 Å². The zero-order valence-corrected chi connectivity index (χ0v) is 11.5. The maximum atomic E-state index is 12.5. The number of pyridine rings is 1. The molecule has 0 spiro atoms. The number of ketones is 1. The summed E-state index contributed by atoms with van der Waals surface area (Å²) in [5.41, 5.74) is 0.750. The van der Waals surface area contributed by atoms with Gasteiger partial charge in [0.2, 0.25) is 11.7 Å². The molecule has 0 aliphatic carbocycles. The molecule has 0 radical (unpaired) electrons. The van der Waals surface area contributed by atoms with Gasteiger partial charge in [0.05, 0.1) is 23.9 Å².